The molecule has 2 aliphatic rings. The van der Waals surface area contributed by atoms with Gasteiger partial charge in [0, 0.05) is 24.3 Å². The van der Waals surface area contributed by atoms with E-state index < -0.39 is 6.03 Å². The quantitative estimate of drug-likeness (QED) is 0.395. The van der Waals surface area contributed by atoms with Gasteiger partial charge in [0.05, 0.1) is 11.1 Å². The third-order valence-corrected chi connectivity index (χ3v) is 5.85. The van der Waals surface area contributed by atoms with E-state index in [1.807, 2.05) is 60.7 Å². The topological polar surface area (TPSA) is 24.5 Å². The van der Waals surface area contributed by atoms with E-state index in [9.17, 15) is 0 Å². The number of hydrogen-bond acceptors (Lipinski definition) is 2. The molecule has 32 heavy (non-hydrogen) atoms. The lowest BCUT2D eigenvalue weighted by Gasteiger charge is -2.31. The molecule has 0 aliphatic carbocycles. The third kappa shape index (κ3) is 2.84. The van der Waals surface area contributed by atoms with E-state index in [0.29, 0.717) is 0 Å². The molecule has 0 saturated carbocycles. The lowest BCUT2D eigenvalue weighted by Crippen LogP contribution is -2.61. The molecule has 0 radical (unpaired) electrons. The van der Waals surface area contributed by atoms with E-state index in [2.05, 4.69) is 71.0 Å². The molecule has 0 fully saturated rings. The lowest BCUT2D eigenvalue weighted by atomic mass is 10.1. The molecule has 0 saturated heterocycles. The van der Waals surface area contributed by atoms with Gasteiger partial charge in [0.2, 0.25) is 11.4 Å². The lowest BCUT2D eigenvalue weighted by molar-refractivity contribution is -0.855. The summed E-state index contributed by atoms with van der Waals surface area (Å²) in [5.41, 5.74) is 4.99. The van der Waals surface area contributed by atoms with Crippen molar-refractivity contribution >= 4 is 23.8 Å². The van der Waals surface area contributed by atoms with Crippen molar-refractivity contribution in [3.05, 3.63) is 120 Å². The maximum absolute atomic E-state index is 6.85. The first-order valence-electron chi connectivity index (χ1n) is 10.7. The number of nitrogens with zero attached hydrogens (tertiary/aromatic N) is 2. The molecule has 0 bridgehead atoms. The highest BCUT2D eigenvalue weighted by atomic mass is 16.7. The summed E-state index contributed by atoms with van der Waals surface area (Å²) in [5.74, 6) is 1.58. The molecule has 4 aromatic carbocycles. The van der Waals surface area contributed by atoms with E-state index in [-0.39, 0.29) is 0 Å². The molecule has 1 atom stereocenters. The van der Waals surface area contributed by atoms with Crippen molar-refractivity contribution in [2.24, 2.45) is 0 Å². The molecule has 4 heteroatoms. The summed E-state index contributed by atoms with van der Waals surface area (Å²) in [4.78, 5) is 0. The van der Waals surface area contributed by atoms with Gasteiger partial charge < -0.3 is 9.47 Å². The van der Waals surface area contributed by atoms with Crippen LogP contribution < -0.4 is 9.47 Å². The van der Waals surface area contributed by atoms with Gasteiger partial charge >= 0.3 is 6.03 Å². The van der Waals surface area contributed by atoms with Gasteiger partial charge in [-0.25, -0.2) is 0 Å². The van der Waals surface area contributed by atoms with Crippen molar-refractivity contribution in [3.8, 4) is 11.5 Å². The average molecular weight is 418 g/mol. The summed E-state index contributed by atoms with van der Waals surface area (Å²) < 4.78 is 17.8. The fourth-order valence-corrected chi connectivity index (χ4v) is 4.30. The van der Waals surface area contributed by atoms with E-state index in [4.69, 9.17) is 9.47 Å². The minimum Gasteiger partial charge on any atom is -0.340 e. The zero-order valence-electron chi connectivity index (χ0n) is 17.7. The predicted molar refractivity (Wildman–Crippen MR) is 125 cm³/mol. The van der Waals surface area contributed by atoms with Crippen molar-refractivity contribution in [3.63, 3.8) is 0 Å². The summed E-state index contributed by atoms with van der Waals surface area (Å²) >= 11 is 0. The molecule has 6 rings (SSSR count). The second-order valence-corrected chi connectivity index (χ2v) is 7.95. The molecule has 2 heterocycles. The molecule has 1 spiro atoms. The van der Waals surface area contributed by atoms with Crippen LogP contribution in [0.2, 0.25) is 0 Å². The van der Waals surface area contributed by atoms with Crippen molar-refractivity contribution in [1.29, 1.82) is 0 Å². The Morgan fingerprint density at radius 1 is 0.562 bits per heavy atom. The molecule has 154 valence electrons. The Labute approximate surface area is 186 Å². The first-order valence-corrected chi connectivity index (χ1v) is 10.7. The van der Waals surface area contributed by atoms with E-state index in [1.165, 1.54) is 0 Å². The van der Waals surface area contributed by atoms with Crippen LogP contribution in [0.4, 0.5) is 11.4 Å². The highest BCUT2D eigenvalue weighted by Gasteiger charge is 2.66. The van der Waals surface area contributed by atoms with Gasteiger partial charge in [0.15, 0.2) is 23.9 Å². The molecule has 0 unspecified atom stereocenters. The number of rotatable bonds is 2. The zero-order chi connectivity index (χ0) is 21.5. The van der Waals surface area contributed by atoms with Gasteiger partial charge in [-0.05, 0) is 30.7 Å². The molecular formula is C28H22N2O2+2. The Bertz CT molecular complexity index is 1380. The van der Waals surface area contributed by atoms with Crippen molar-refractivity contribution in [2.45, 2.75) is 13.0 Å². The molecular weight excluding hydrogens is 396 g/mol. The summed E-state index contributed by atoms with van der Waals surface area (Å²) in [5, 5.41) is 0. The molecule has 0 amide bonds. The maximum atomic E-state index is 6.85. The van der Waals surface area contributed by atoms with Crippen LogP contribution in [0, 0.1) is 6.92 Å². The van der Waals surface area contributed by atoms with Gasteiger partial charge in [-0.3, -0.25) is 0 Å². The monoisotopic (exact) mass is 418 g/mol. The zero-order valence-corrected chi connectivity index (χ0v) is 17.7. The highest BCUT2D eigenvalue weighted by Crippen LogP contribution is 2.41. The van der Waals surface area contributed by atoms with Gasteiger partial charge in [-0.15, -0.1) is 0 Å². The largest absolute Gasteiger partial charge is 0.714 e. The Hall–Kier alpha value is -4.18. The molecule has 0 aromatic heterocycles. The van der Waals surface area contributed by atoms with Crippen LogP contribution in [-0.4, -0.2) is 27.6 Å². The Balaban J connectivity index is 1.67. The van der Waals surface area contributed by atoms with E-state index >= 15 is 0 Å². The van der Waals surface area contributed by atoms with Gasteiger partial charge in [0.25, 0.3) is 0 Å². The molecule has 4 aromatic rings. The minimum atomic E-state index is -1.27. The van der Waals surface area contributed by atoms with Gasteiger partial charge in [-0.2, -0.15) is 0 Å². The van der Waals surface area contributed by atoms with Crippen LogP contribution in [-0.2, 0) is 0 Å². The standard InChI is InChI=1S/C28H22N2O2/c1-21-11-10-13-23-20-30(25-16-6-3-7-17-25)28(32-27(21)23)29(24-14-4-2-5-15-24)19-22-12-8-9-18-26(22)31-28/h2-20H,1H3/q+2/t28-/m0/s1. The summed E-state index contributed by atoms with van der Waals surface area (Å²) in [6.45, 7) is 2.06. The fourth-order valence-electron chi connectivity index (χ4n) is 4.30. The van der Waals surface area contributed by atoms with Crippen molar-refractivity contribution < 1.29 is 18.6 Å². The Morgan fingerprint density at radius 2 is 1.12 bits per heavy atom. The Morgan fingerprint density at radius 3 is 1.81 bits per heavy atom. The van der Waals surface area contributed by atoms with Gasteiger partial charge in [-0.1, -0.05) is 69.8 Å². The third-order valence-electron chi connectivity index (χ3n) is 5.85. The van der Waals surface area contributed by atoms with Crippen LogP contribution in [0.15, 0.2) is 103 Å². The van der Waals surface area contributed by atoms with Gasteiger partial charge in [0.1, 0.15) is 0 Å². The normalized spacial score (nSPS) is 18.5. The second-order valence-electron chi connectivity index (χ2n) is 7.95. The first kappa shape index (κ1) is 18.6. The number of hydrogen-bond donors (Lipinski definition) is 0. The minimum absolute atomic E-state index is 0.769. The van der Waals surface area contributed by atoms with Crippen molar-refractivity contribution in [1.82, 2.24) is 0 Å². The number of aryl methyl sites for hydroxylation is 1. The van der Waals surface area contributed by atoms with E-state index in [1.54, 1.807) is 0 Å². The smallest absolute Gasteiger partial charge is 0.340 e. The maximum Gasteiger partial charge on any atom is 0.714 e. The summed E-state index contributed by atoms with van der Waals surface area (Å²) in [6, 6.07) is 33.3. The summed E-state index contributed by atoms with van der Waals surface area (Å²) in [7, 11) is 0. The van der Waals surface area contributed by atoms with E-state index in [0.717, 1.165) is 39.6 Å². The number of para-hydroxylation sites is 4. The molecule has 0 N–H and O–H groups in total. The number of fused-ring (bicyclic) bond motifs is 2. The highest BCUT2D eigenvalue weighted by molar-refractivity contribution is 5.84. The SMILES string of the molecule is Cc1cccc2c1O[C@]1(Oc3ccccc3C=[N+]1c1ccccc1)[N+](c1ccccc1)=C2. The van der Waals surface area contributed by atoms with Crippen LogP contribution in [0.1, 0.15) is 16.7 Å². The predicted octanol–water partition coefficient (Wildman–Crippen LogP) is 5.62. The molecule has 4 nitrogen and oxygen atoms in total. The van der Waals surface area contributed by atoms with Crippen LogP contribution in [0.5, 0.6) is 11.5 Å². The number of benzene rings is 4. The average Bonchev–Trinajstić information content (AvgIpc) is 2.85. The van der Waals surface area contributed by atoms with Crippen LogP contribution in [0.3, 0.4) is 0 Å². The Kier molecular flexibility index (Phi) is 4.18. The van der Waals surface area contributed by atoms with Crippen molar-refractivity contribution in [2.75, 3.05) is 0 Å². The fraction of sp³-hybridized carbons (Fsp3) is 0.0714. The van der Waals surface area contributed by atoms with Crippen LogP contribution >= 0.6 is 0 Å². The molecule has 2 aliphatic heterocycles. The second kappa shape index (κ2) is 7.20. The number of ether oxygens (including phenoxy) is 2. The van der Waals surface area contributed by atoms with Crippen LogP contribution in [0.25, 0.3) is 0 Å². The first-order chi connectivity index (χ1) is 15.7. The summed E-state index contributed by atoms with van der Waals surface area (Å²) in [6.07, 6.45) is 4.21.